The van der Waals surface area contributed by atoms with Crippen molar-refractivity contribution >= 4 is 0 Å². The summed E-state index contributed by atoms with van der Waals surface area (Å²) in [5, 5.41) is 13.8. The van der Waals surface area contributed by atoms with Crippen molar-refractivity contribution in [2.75, 3.05) is 7.11 Å². The van der Waals surface area contributed by atoms with Crippen LogP contribution >= 0.6 is 0 Å². The number of phenols is 1. The van der Waals surface area contributed by atoms with Gasteiger partial charge in [-0.3, -0.25) is 0 Å². The summed E-state index contributed by atoms with van der Waals surface area (Å²) in [6, 6.07) is 14.3. The summed E-state index contributed by atoms with van der Waals surface area (Å²) in [6.07, 6.45) is 0. The Balaban J connectivity index is 2.02. The van der Waals surface area contributed by atoms with E-state index < -0.39 is 0 Å². The number of nitrogens with zero attached hydrogens (tertiary/aromatic N) is 2. The van der Waals surface area contributed by atoms with Gasteiger partial charge in [0, 0.05) is 5.56 Å². The molecule has 3 aromatic rings. The van der Waals surface area contributed by atoms with Gasteiger partial charge in [0.1, 0.15) is 11.5 Å². The first kappa shape index (κ1) is 12.2. The lowest BCUT2D eigenvalue weighted by Crippen LogP contribution is -1.85. The maximum Gasteiger partial charge on any atom is 0.262 e. The van der Waals surface area contributed by atoms with Crippen LogP contribution in [0.1, 0.15) is 0 Å². The zero-order chi connectivity index (χ0) is 13.9. The van der Waals surface area contributed by atoms with Crippen molar-refractivity contribution in [1.29, 1.82) is 0 Å². The lowest BCUT2D eigenvalue weighted by molar-refractivity contribution is 0.408. The Morgan fingerprint density at radius 1 is 1.10 bits per heavy atom. The molecule has 3 rings (SSSR count). The molecular formula is C15H12N2O3. The van der Waals surface area contributed by atoms with E-state index in [1.165, 1.54) is 6.07 Å². The van der Waals surface area contributed by atoms with Crippen LogP contribution in [0.3, 0.4) is 0 Å². The zero-order valence-electron chi connectivity index (χ0n) is 10.8. The number of aromatic nitrogens is 2. The zero-order valence-corrected chi connectivity index (χ0v) is 10.8. The Hall–Kier alpha value is -2.82. The highest BCUT2D eigenvalue weighted by Gasteiger charge is 2.14. The van der Waals surface area contributed by atoms with Crippen LogP contribution in [-0.4, -0.2) is 22.4 Å². The van der Waals surface area contributed by atoms with Gasteiger partial charge in [-0.25, -0.2) is 0 Å². The number of ether oxygens (including phenoxy) is 1. The van der Waals surface area contributed by atoms with E-state index in [1.54, 1.807) is 19.2 Å². The van der Waals surface area contributed by atoms with Gasteiger partial charge in [-0.1, -0.05) is 35.5 Å². The molecule has 0 saturated heterocycles. The molecule has 0 unspecified atom stereocenters. The van der Waals surface area contributed by atoms with Gasteiger partial charge in [0.2, 0.25) is 5.82 Å². The molecule has 0 aliphatic heterocycles. The smallest absolute Gasteiger partial charge is 0.262 e. The summed E-state index contributed by atoms with van der Waals surface area (Å²) < 4.78 is 10.3. The normalized spacial score (nSPS) is 10.4. The molecule has 1 heterocycles. The maximum absolute atomic E-state index is 9.88. The third-order valence-corrected chi connectivity index (χ3v) is 2.89. The standard InChI is InChI=1S/C15H12N2O3/c1-19-11-7-8-13(18)12(9-11)15-16-14(17-20-15)10-5-3-2-4-6-10/h2-9,18H,1H3. The molecule has 0 saturated carbocycles. The number of hydrogen-bond donors (Lipinski definition) is 1. The highest BCUT2D eigenvalue weighted by Crippen LogP contribution is 2.32. The van der Waals surface area contributed by atoms with E-state index in [9.17, 15) is 5.11 Å². The minimum absolute atomic E-state index is 0.0639. The average molecular weight is 268 g/mol. The number of methoxy groups -OCH3 is 1. The molecule has 0 aliphatic rings. The van der Waals surface area contributed by atoms with Crippen LogP contribution in [0, 0.1) is 0 Å². The quantitative estimate of drug-likeness (QED) is 0.790. The van der Waals surface area contributed by atoms with Gasteiger partial charge in [0.25, 0.3) is 5.89 Å². The third kappa shape index (κ3) is 2.21. The number of benzene rings is 2. The molecule has 5 heteroatoms. The number of phenolic OH excluding ortho intramolecular Hbond substituents is 1. The van der Waals surface area contributed by atoms with Gasteiger partial charge < -0.3 is 14.4 Å². The molecule has 0 fully saturated rings. The highest BCUT2D eigenvalue weighted by molar-refractivity contribution is 5.66. The SMILES string of the molecule is COc1ccc(O)c(-c2nc(-c3ccccc3)no2)c1. The fraction of sp³-hybridized carbons (Fsp3) is 0.0667. The summed E-state index contributed by atoms with van der Waals surface area (Å²) in [6.45, 7) is 0. The lowest BCUT2D eigenvalue weighted by atomic mass is 10.2. The van der Waals surface area contributed by atoms with Crippen LogP contribution in [0.4, 0.5) is 0 Å². The summed E-state index contributed by atoms with van der Waals surface area (Å²) in [7, 11) is 1.55. The lowest BCUT2D eigenvalue weighted by Gasteiger charge is -2.02. The minimum atomic E-state index is 0.0639. The van der Waals surface area contributed by atoms with E-state index in [2.05, 4.69) is 10.1 Å². The second-order valence-corrected chi connectivity index (χ2v) is 4.17. The molecule has 0 atom stereocenters. The van der Waals surface area contributed by atoms with Crippen molar-refractivity contribution < 1.29 is 14.4 Å². The molecule has 5 nitrogen and oxygen atoms in total. The first-order valence-electron chi connectivity index (χ1n) is 6.04. The van der Waals surface area contributed by atoms with Crippen molar-refractivity contribution in [2.24, 2.45) is 0 Å². The van der Waals surface area contributed by atoms with Gasteiger partial charge in [0.15, 0.2) is 0 Å². The molecule has 0 radical (unpaired) electrons. The third-order valence-electron chi connectivity index (χ3n) is 2.89. The van der Waals surface area contributed by atoms with Gasteiger partial charge in [0.05, 0.1) is 12.7 Å². The van der Waals surface area contributed by atoms with Gasteiger partial charge in [-0.15, -0.1) is 0 Å². The Morgan fingerprint density at radius 2 is 1.90 bits per heavy atom. The van der Waals surface area contributed by atoms with Gasteiger partial charge in [-0.2, -0.15) is 4.98 Å². The molecule has 0 aliphatic carbocycles. The Kier molecular flexibility index (Phi) is 3.09. The summed E-state index contributed by atoms with van der Waals surface area (Å²) in [5.41, 5.74) is 1.30. The fourth-order valence-electron chi connectivity index (χ4n) is 1.85. The summed E-state index contributed by atoms with van der Waals surface area (Å²) >= 11 is 0. The molecule has 0 bridgehead atoms. The second-order valence-electron chi connectivity index (χ2n) is 4.17. The summed E-state index contributed by atoms with van der Waals surface area (Å²) in [4.78, 5) is 4.29. The first-order valence-corrected chi connectivity index (χ1v) is 6.04. The largest absolute Gasteiger partial charge is 0.507 e. The van der Waals surface area contributed by atoms with Crippen molar-refractivity contribution in [2.45, 2.75) is 0 Å². The molecule has 2 aromatic carbocycles. The predicted octanol–water partition coefficient (Wildman–Crippen LogP) is 3.12. The van der Waals surface area contributed by atoms with Crippen molar-refractivity contribution in [3.05, 3.63) is 48.5 Å². The predicted molar refractivity (Wildman–Crippen MR) is 73.4 cm³/mol. The molecule has 0 amide bonds. The summed E-state index contributed by atoms with van der Waals surface area (Å²) in [5.74, 6) is 1.40. The van der Waals surface area contributed by atoms with Gasteiger partial charge >= 0.3 is 0 Å². The Morgan fingerprint density at radius 3 is 2.65 bits per heavy atom. The van der Waals surface area contributed by atoms with Crippen LogP contribution in [0.25, 0.3) is 22.8 Å². The van der Waals surface area contributed by atoms with E-state index >= 15 is 0 Å². The van der Waals surface area contributed by atoms with E-state index in [4.69, 9.17) is 9.26 Å². The maximum atomic E-state index is 9.88. The van der Waals surface area contributed by atoms with Crippen LogP contribution < -0.4 is 4.74 Å². The number of rotatable bonds is 3. The molecule has 20 heavy (non-hydrogen) atoms. The van der Waals surface area contributed by atoms with Crippen molar-refractivity contribution in [1.82, 2.24) is 10.1 Å². The Labute approximate surface area is 115 Å². The number of aromatic hydroxyl groups is 1. The van der Waals surface area contributed by atoms with Crippen LogP contribution in [-0.2, 0) is 0 Å². The molecule has 1 aromatic heterocycles. The van der Waals surface area contributed by atoms with E-state index in [0.717, 1.165) is 5.56 Å². The van der Waals surface area contributed by atoms with Crippen molar-refractivity contribution in [3.63, 3.8) is 0 Å². The molecular weight excluding hydrogens is 256 g/mol. The monoisotopic (exact) mass is 268 g/mol. The minimum Gasteiger partial charge on any atom is -0.507 e. The number of hydrogen-bond acceptors (Lipinski definition) is 5. The molecule has 1 N–H and O–H groups in total. The topological polar surface area (TPSA) is 68.4 Å². The van der Waals surface area contributed by atoms with Crippen molar-refractivity contribution in [3.8, 4) is 34.3 Å². The first-order chi connectivity index (χ1) is 9.78. The second kappa shape index (κ2) is 5.05. The van der Waals surface area contributed by atoms with E-state index in [-0.39, 0.29) is 11.6 Å². The van der Waals surface area contributed by atoms with Gasteiger partial charge in [-0.05, 0) is 18.2 Å². The molecule has 0 spiro atoms. The average Bonchev–Trinajstić information content (AvgIpc) is 2.98. The molecule has 100 valence electrons. The van der Waals surface area contributed by atoms with E-state index in [1.807, 2.05) is 30.3 Å². The van der Waals surface area contributed by atoms with E-state index in [0.29, 0.717) is 17.1 Å². The Bertz CT molecular complexity index is 723. The highest BCUT2D eigenvalue weighted by atomic mass is 16.5. The van der Waals surface area contributed by atoms with Crippen LogP contribution in [0.15, 0.2) is 53.1 Å². The van der Waals surface area contributed by atoms with Crippen LogP contribution in [0.5, 0.6) is 11.5 Å². The van der Waals surface area contributed by atoms with Crippen LogP contribution in [0.2, 0.25) is 0 Å². The fourth-order valence-corrected chi connectivity index (χ4v) is 1.85.